The molecular weight excluding hydrogens is 210 g/mol. The van der Waals surface area contributed by atoms with Gasteiger partial charge in [-0.3, -0.25) is 4.90 Å². The van der Waals surface area contributed by atoms with Gasteiger partial charge in [0.05, 0.1) is 6.61 Å². The summed E-state index contributed by atoms with van der Waals surface area (Å²) in [7, 11) is 0. The molecule has 1 fully saturated rings. The Morgan fingerprint density at radius 3 is 2.94 bits per heavy atom. The smallest absolute Gasteiger partial charge is 0.123 e. The highest BCUT2D eigenvalue weighted by Gasteiger charge is 2.17. The normalized spacial score (nSPS) is 21.4. The molecule has 0 saturated carbocycles. The van der Waals surface area contributed by atoms with Crippen molar-refractivity contribution in [3.05, 3.63) is 29.8 Å². The Kier molecular flexibility index (Phi) is 4.43. The molecule has 1 saturated heterocycles. The van der Waals surface area contributed by atoms with Crippen LogP contribution in [0.25, 0.3) is 0 Å². The molecule has 1 aliphatic heterocycles. The zero-order valence-electron chi connectivity index (χ0n) is 11.0. The lowest BCUT2D eigenvalue weighted by Crippen LogP contribution is -2.33. The van der Waals surface area contributed by atoms with Gasteiger partial charge in [-0.15, -0.1) is 0 Å². The van der Waals surface area contributed by atoms with Gasteiger partial charge < -0.3 is 4.74 Å². The molecule has 2 rings (SSSR count). The first kappa shape index (κ1) is 12.4. The summed E-state index contributed by atoms with van der Waals surface area (Å²) in [5.74, 6) is 1.89. The fourth-order valence-corrected chi connectivity index (χ4v) is 2.60. The van der Waals surface area contributed by atoms with E-state index in [1.807, 2.05) is 13.0 Å². The molecule has 1 aliphatic rings. The van der Waals surface area contributed by atoms with E-state index in [2.05, 4.69) is 30.0 Å². The monoisotopic (exact) mass is 233 g/mol. The van der Waals surface area contributed by atoms with Crippen LogP contribution in [-0.4, -0.2) is 24.6 Å². The lowest BCUT2D eigenvalue weighted by Gasteiger charge is -2.31. The second-order valence-electron chi connectivity index (χ2n) is 5.02. The predicted octanol–water partition coefficient (Wildman–Crippen LogP) is 3.32. The topological polar surface area (TPSA) is 12.5 Å². The van der Waals surface area contributed by atoms with Crippen LogP contribution in [0.15, 0.2) is 24.3 Å². The molecule has 94 valence electrons. The van der Waals surface area contributed by atoms with Crippen molar-refractivity contribution in [3.8, 4) is 5.75 Å². The molecule has 0 amide bonds. The fourth-order valence-electron chi connectivity index (χ4n) is 2.60. The van der Waals surface area contributed by atoms with Crippen molar-refractivity contribution in [3.63, 3.8) is 0 Å². The van der Waals surface area contributed by atoms with Gasteiger partial charge in [0.15, 0.2) is 0 Å². The number of benzene rings is 1. The molecule has 0 aliphatic carbocycles. The molecular formula is C15H23NO. The summed E-state index contributed by atoms with van der Waals surface area (Å²) in [6.45, 7) is 8.61. The third-order valence-corrected chi connectivity index (χ3v) is 3.41. The summed E-state index contributed by atoms with van der Waals surface area (Å²) in [5, 5.41) is 0. The quantitative estimate of drug-likeness (QED) is 0.791. The van der Waals surface area contributed by atoms with Crippen molar-refractivity contribution in [2.75, 3.05) is 19.7 Å². The molecule has 0 N–H and O–H groups in total. The van der Waals surface area contributed by atoms with Crippen LogP contribution in [0.3, 0.4) is 0 Å². The van der Waals surface area contributed by atoms with E-state index in [1.165, 1.54) is 31.5 Å². The van der Waals surface area contributed by atoms with Crippen LogP contribution in [0.4, 0.5) is 0 Å². The van der Waals surface area contributed by atoms with Gasteiger partial charge in [-0.05, 0) is 38.3 Å². The van der Waals surface area contributed by atoms with E-state index >= 15 is 0 Å². The number of para-hydroxylation sites is 1. The molecule has 1 atom stereocenters. The Morgan fingerprint density at radius 1 is 1.35 bits per heavy atom. The van der Waals surface area contributed by atoms with E-state index in [1.54, 1.807) is 0 Å². The molecule has 17 heavy (non-hydrogen) atoms. The van der Waals surface area contributed by atoms with E-state index in [0.29, 0.717) is 0 Å². The molecule has 1 unspecified atom stereocenters. The van der Waals surface area contributed by atoms with E-state index in [9.17, 15) is 0 Å². The minimum Gasteiger partial charge on any atom is -0.494 e. The van der Waals surface area contributed by atoms with Gasteiger partial charge in [-0.25, -0.2) is 0 Å². The zero-order chi connectivity index (χ0) is 12.1. The fraction of sp³-hybridized carbons (Fsp3) is 0.600. The van der Waals surface area contributed by atoms with Crippen LogP contribution < -0.4 is 4.74 Å². The first-order chi connectivity index (χ1) is 8.29. The number of likely N-dealkylation sites (tertiary alicyclic amines) is 1. The Labute approximate surface area is 105 Å². The second kappa shape index (κ2) is 6.06. The minimum atomic E-state index is 0.743. The largest absolute Gasteiger partial charge is 0.494 e. The van der Waals surface area contributed by atoms with Gasteiger partial charge in [0.1, 0.15) is 5.75 Å². The van der Waals surface area contributed by atoms with Crippen LogP contribution in [0.2, 0.25) is 0 Å². The van der Waals surface area contributed by atoms with Crippen LogP contribution >= 0.6 is 0 Å². The third kappa shape index (κ3) is 3.47. The Hall–Kier alpha value is -1.02. The molecule has 1 aromatic carbocycles. The molecule has 2 heteroatoms. The summed E-state index contributed by atoms with van der Waals surface area (Å²) in [4.78, 5) is 2.55. The van der Waals surface area contributed by atoms with Crippen molar-refractivity contribution < 1.29 is 4.74 Å². The molecule has 0 aromatic heterocycles. The summed E-state index contributed by atoms with van der Waals surface area (Å²) in [5.41, 5.74) is 1.32. The van der Waals surface area contributed by atoms with Gasteiger partial charge >= 0.3 is 0 Å². The van der Waals surface area contributed by atoms with E-state index < -0.39 is 0 Å². The van der Waals surface area contributed by atoms with Gasteiger partial charge in [0, 0.05) is 18.7 Å². The van der Waals surface area contributed by atoms with Crippen LogP contribution in [0.5, 0.6) is 5.75 Å². The number of ether oxygens (including phenoxy) is 1. The van der Waals surface area contributed by atoms with Crippen molar-refractivity contribution in [1.82, 2.24) is 4.90 Å². The van der Waals surface area contributed by atoms with Crippen molar-refractivity contribution in [2.45, 2.75) is 33.2 Å². The van der Waals surface area contributed by atoms with E-state index in [0.717, 1.165) is 24.8 Å². The summed E-state index contributed by atoms with van der Waals surface area (Å²) in [6, 6.07) is 8.41. The van der Waals surface area contributed by atoms with E-state index in [-0.39, 0.29) is 0 Å². The zero-order valence-corrected chi connectivity index (χ0v) is 11.0. The van der Waals surface area contributed by atoms with Gasteiger partial charge in [0.2, 0.25) is 0 Å². The maximum Gasteiger partial charge on any atom is 0.123 e. The van der Waals surface area contributed by atoms with Crippen LogP contribution in [-0.2, 0) is 6.54 Å². The third-order valence-electron chi connectivity index (χ3n) is 3.41. The minimum absolute atomic E-state index is 0.743. The van der Waals surface area contributed by atoms with Crippen molar-refractivity contribution >= 4 is 0 Å². The molecule has 0 bridgehead atoms. The maximum atomic E-state index is 5.68. The lowest BCUT2D eigenvalue weighted by atomic mass is 10.00. The molecule has 0 spiro atoms. The Morgan fingerprint density at radius 2 is 2.18 bits per heavy atom. The highest BCUT2D eigenvalue weighted by atomic mass is 16.5. The number of piperidine rings is 1. The highest BCUT2D eigenvalue weighted by Crippen LogP contribution is 2.23. The molecule has 1 heterocycles. The van der Waals surface area contributed by atoms with Crippen molar-refractivity contribution in [2.24, 2.45) is 5.92 Å². The van der Waals surface area contributed by atoms with Gasteiger partial charge in [-0.2, -0.15) is 0 Å². The molecule has 1 aromatic rings. The number of rotatable bonds is 4. The number of nitrogens with zero attached hydrogens (tertiary/aromatic N) is 1. The lowest BCUT2D eigenvalue weighted by molar-refractivity contribution is 0.174. The highest BCUT2D eigenvalue weighted by molar-refractivity contribution is 5.33. The SMILES string of the molecule is CCOc1ccccc1CN1CCCC(C)C1. The number of hydrogen-bond donors (Lipinski definition) is 0. The first-order valence-corrected chi connectivity index (χ1v) is 6.72. The standard InChI is InChI=1S/C15H23NO/c1-3-17-15-9-5-4-8-14(15)12-16-10-6-7-13(2)11-16/h4-5,8-9,13H,3,6-7,10-12H2,1-2H3. The molecule has 0 radical (unpaired) electrons. The Bertz CT molecular complexity index is 351. The summed E-state index contributed by atoms with van der Waals surface area (Å²) >= 11 is 0. The van der Waals surface area contributed by atoms with Crippen LogP contribution in [0, 0.1) is 5.92 Å². The van der Waals surface area contributed by atoms with Gasteiger partial charge in [-0.1, -0.05) is 25.1 Å². The van der Waals surface area contributed by atoms with Crippen molar-refractivity contribution in [1.29, 1.82) is 0 Å². The average Bonchev–Trinajstić information content (AvgIpc) is 2.32. The molecule has 2 nitrogen and oxygen atoms in total. The number of hydrogen-bond acceptors (Lipinski definition) is 2. The Balaban J connectivity index is 2.01. The summed E-state index contributed by atoms with van der Waals surface area (Å²) < 4.78 is 5.68. The van der Waals surface area contributed by atoms with Gasteiger partial charge in [0.25, 0.3) is 0 Å². The van der Waals surface area contributed by atoms with E-state index in [4.69, 9.17) is 4.74 Å². The first-order valence-electron chi connectivity index (χ1n) is 6.72. The second-order valence-corrected chi connectivity index (χ2v) is 5.02. The predicted molar refractivity (Wildman–Crippen MR) is 71.3 cm³/mol. The maximum absolute atomic E-state index is 5.68. The summed E-state index contributed by atoms with van der Waals surface area (Å²) in [6.07, 6.45) is 2.71. The van der Waals surface area contributed by atoms with Crippen LogP contribution in [0.1, 0.15) is 32.3 Å². The average molecular weight is 233 g/mol.